The molecule has 1 fully saturated rings. The van der Waals surface area contributed by atoms with Crippen molar-refractivity contribution >= 4 is 27.8 Å². The van der Waals surface area contributed by atoms with Crippen molar-refractivity contribution < 1.29 is 14.7 Å². The third-order valence-electron chi connectivity index (χ3n) is 4.08. The lowest BCUT2D eigenvalue weighted by atomic mass is 9.90. The van der Waals surface area contributed by atoms with Gasteiger partial charge in [0, 0.05) is 16.6 Å². The lowest BCUT2D eigenvalue weighted by molar-refractivity contribution is -0.148. The summed E-state index contributed by atoms with van der Waals surface area (Å²) in [6.07, 6.45) is 2.52. The lowest BCUT2D eigenvalue weighted by Crippen LogP contribution is -2.53. The van der Waals surface area contributed by atoms with Crippen molar-refractivity contribution in [1.82, 2.24) is 4.90 Å². The van der Waals surface area contributed by atoms with E-state index in [-0.39, 0.29) is 5.91 Å². The van der Waals surface area contributed by atoms with Gasteiger partial charge in [0.1, 0.15) is 5.54 Å². The Bertz CT molecular complexity index is 552. The molecule has 1 atom stereocenters. The number of hydrogen-bond acceptors (Lipinski definition) is 2. The summed E-state index contributed by atoms with van der Waals surface area (Å²) in [5.41, 5.74) is 0.482. The molecule has 4 nitrogen and oxygen atoms in total. The highest BCUT2D eigenvalue weighted by atomic mass is 79.9. The molecular formula is C16H20BrNO3. The van der Waals surface area contributed by atoms with Gasteiger partial charge in [-0.2, -0.15) is 0 Å². The van der Waals surface area contributed by atoms with Gasteiger partial charge >= 0.3 is 5.97 Å². The number of aliphatic carboxylic acids is 1. The number of hydrogen-bond donors (Lipinski definition) is 1. The highest BCUT2D eigenvalue weighted by Gasteiger charge is 2.49. The first-order valence-electron chi connectivity index (χ1n) is 7.23. The predicted octanol–water partition coefficient (Wildman–Crippen LogP) is 3.62. The first-order chi connectivity index (χ1) is 9.90. The van der Waals surface area contributed by atoms with Crippen molar-refractivity contribution in [1.29, 1.82) is 0 Å². The van der Waals surface area contributed by atoms with Crippen LogP contribution in [0.5, 0.6) is 0 Å². The Labute approximate surface area is 133 Å². The standard InChI is InChI=1S/C16H20BrNO3/c1-3-5-16(15(20)21)6-4-7-18(16)14(19)12-8-11(2)9-13(17)10-12/h8-10H,3-7H2,1-2H3,(H,20,21). The summed E-state index contributed by atoms with van der Waals surface area (Å²) in [4.78, 5) is 26.1. The Balaban J connectivity index is 2.38. The molecule has 1 saturated heterocycles. The molecule has 0 spiro atoms. The van der Waals surface area contributed by atoms with Gasteiger partial charge in [0.2, 0.25) is 0 Å². The summed E-state index contributed by atoms with van der Waals surface area (Å²) < 4.78 is 0.835. The van der Waals surface area contributed by atoms with E-state index in [9.17, 15) is 14.7 Å². The van der Waals surface area contributed by atoms with E-state index in [0.717, 1.165) is 22.9 Å². The van der Waals surface area contributed by atoms with Crippen molar-refractivity contribution in [3.8, 4) is 0 Å². The third-order valence-corrected chi connectivity index (χ3v) is 4.54. The Hall–Kier alpha value is -1.36. The van der Waals surface area contributed by atoms with E-state index >= 15 is 0 Å². The molecule has 2 rings (SSSR count). The molecule has 0 aromatic heterocycles. The highest BCUT2D eigenvalue weighted by molar-refractivity contribution is 9.10. The van der Waals surface area contributed by atoms with Crippen molar-refractivity contribution in [2.24, 2.45) is 0 Å². The van der Waals surface area contributed by atoms with Crippen LogP contribution in [0.3, 0.4) is 0 Å². The Morgan fingerprint density at radius 1 is 1.38 bits per heavy atom. The van der Waals surface area contributed by atoms with Gasteiger partial charge in [-0.3, -0.25) is 4.79 Å². The maximum atomic E-state index is 12.8. The molecule has 0 aliphatic carbocycles. The second kappa shape index (κ2) is 6.18. The van der Waals surface area contributed by atoms with Crippen LogP contribution in [0.1, 0.15) is 48.5 Å². The van der Waals surface area contributed by atoms with Crippen molar-refractivity contribution in [2.45, 2.75) is 45.1 Å². The van der Waals surface area contributed by atoms with E-state index in [4.69, 9.17) is 0 Å². The lowest BCUT2D eigenvalue weighted by Gasteiger charge is -2.34. The summed E-state index contributed by atoms with van der Waals surface area (Å²) in [5.74, 6) is -1.07. The number of carbonyl (C=O) groups excluding carboxylic acids is 1. The molecule has 1 unspecified atom stereocenters. The number of halogens is 1. The average molecular weight is 354 g/mol. The van der Waals surface area contributed by atoms with Crippen LogP contribution in [0.4, 0.5) is 0 Å². The van der Waals surface area contributed by atoms with Crippen LogP contribution in [-0.2, 0) is 4.79 Å². The summed E-state index contributed by atoms with van der Waals surface area (Å²) in [6, 6.07) is 5.49. The zero-order chi connectivity index (χ0) is 15.6. The minimum atomic E-state index is -1.04. The number of carboxylic acid groups (broad SMARTS) is 1. The van der Waals surface area contributed by atoms with Gasteiger partial charge in [-0.25, -0.2) is 4.79 Å². The van der Waals surface area contributed by atoms with Crippen molar-refractivity contribution in [2.75, 3.05) is 6.54 Å². The van der Waals surface area contributed by atoms with E-state index in [0.29, 0.717) is 24.9 Å². The molecule has 1 aromatic carbocycles. The minimum Gasteiger partial charge on any atom is -0.479 e. The number of carbonyl (C=O) groups is 2. The van der Waals surface area contributed by atoms with Gasteiger partial charge in [-0.1, -0.05) is 29.3 Å². The van der Waals surface area contributed by atoms with Crippen LogP contribution < -0.4 is 0 Å². The topological polar surface area (TPSA) is 57.6 Å². The first kappa shape index (κ1) is 16.0. The Morgan fingerprint density at radius 3 is 2.67 bits per heavy atom. The van der Waals surface area contributed by atoms with Crippen molar-refractivity contribution in [3.05, 3.63) is 33.8 Å². The monoisotopic (exact) mass is 353 g/mol. The van der Waals surface area contributed by atoms with Crippen molar-refractivity contribution in [3.63, 3.8) is 0 Å². The second-order valence-corrected chi connectivity index (χ2v) is 6.58. The molecule has 1 heterocycles. The van der Waals surface area contributed by atoms with E-state index in [1.165, 1.54) is 0 Å². The number of nitrogens with zero attached hydrogens (tertiary/aromatic N) is 1. The Morgan fingerprint density at radius 2 is 2.10 bits per heavy atom. The van der Waals surface area contributed by atoms with Crippen LogP contribution >= 0.6 is 15.9 Å². The van der Waals surface area contributed by atoms with E-state index in [1.807, 2.05) is 26.0 Å². The van der Waals surface area contributed by atoms with Crippen LogP contribution in [0.2, 0.25) is 0 Å². The van der Waals surface area contributed by atoms with Gasteiger partial charge < -0.3 is 10.0 Å². The van der Waals surface area contributed by atoms with Crippen LogP contribution in [0.25, 0.3) is 0 Å². The fraction of sp³-hybridized carbons (Fsp3) is 0.500. The molecule has 0 bridgehead atoms. The second-order valence-electron chi connectivity index (χ2n) is 5.66. The minimum absolute atomic E-state index is 0.187. The molecule has 0 saturated carbocycles. The number of rotatable bonds is 4. The molecular weight excluding hydrogens is 334 g/mol. The largest absolute Gasteiger partial charge is 0.479 e. The molecule has 114 valence electrons. The maximum absolute atomic E-state index is 12.8. The van der Waals surface area contributed by atoms with Gasteiger partial charge in [0.15, 0.2) is 0 Å². The average Bonchev–Trinajstić information content (AvgIpc) is 2.82. The van der Waals surface area contributed by atoms with Gasteiger partial charge in [0.25, 0.3) is 5.91 Å². The summed E-state index contributed by atoms with van der Waals surface area (Å²) in [6.45, 7) is 4.38. The Kier molecular flexibility index (Phi) is 4.71. The first-order valence-corrected chi connectivity index (χ1v) is 8.02. The van der Waals surface area contributed by atoms with Crippen LogP contribution in [0.15, 0.2) is 22.7 Å². The normalized spacial score (nSPS) is 21.6. The SMILES string of the molecule is CCCC1(C(=O)O)CCCN1C(=O)c1cc(C)cc(Br)c1. The molecule has 1 aromatic rings. The molecule has 1 aliphatic rings. The molecule has 21 heavy (non-hydrogen) atoms. The van der Waals surface area contributed by atoms with E-state index < -0.39 is 11.5 Å². The third kappa shape index (κ3) is 2.98. The predicted molar refractivity (Wildman–Crippen MR) is 84.4 cm³/mol. The van der Waals surface area contributed by atoms with Gasteiger partial charge in [-0.15, -0.1) is 0 Å². The summed E-state index contributed by atoms with van der Waals surface area (Å²) in [5, 5.41) is 9.67. The molecule has 0 radical (unpaired) electrons. The number of likely N-dealkylation sites (tertiary alicyclic amines) is 1. The zero-order valence-electron chi connectivity index (χ0n) is 12.4. The zero-order valence-corrected chi connectivity index (χ0v) is 13.9. The molecule has 1 amide bonds. The molecule has 1 aliphatic heterocycles. The maximum Gasteiger partial charge on any atom is 0.329 e. The highest BCUT2D eigenvalue weighted by Crippen LogP contribution is 2.35. The van der Waals surface area contributed by atoms with Gasteiger partial charge in [-0.05, 0) is 49.9 Å². The number of amides is 1. The molecule has 5 heteroatoms. The number of benzene rings is 1. The fourth-order valence-corrected chi connectivity index (χ4v) is 3.80. The summed E-state index contributed by atoms with van der Waals surface area (Å²) in [7, 11) is 0. The quantitative estimate of drug-likeness (QED) is 0.899. The van der Waals surface area contributed by atoms with Gasteiger partial charge in [0.05, 0.1) is 0 Å². The number of aryl methyl sites for hydroxylation is 1. The van der Waals surface area contributed by atoms with Crippen LogP contribution in [0, 0.1) is 6.92 Å². The van der Waals surface area contributed by atoms with Crippen LogP contribution in [-0.4, -0.2) is 34.0 Å². The fourth-order valence-electron chi connectivity index (χ4n) is 3.19. The smallest absolute Gasteiger partial charge is 0.329 e. The summed E-state index contributed by atoms with van der Waals surface area (Å²) >= 11 is 3.39. The van der Waals surface area contributed by atoms with E-state index in [1.54, 1.807) is 11.0 Å². The molecule has 1 N–H and O–H groups in total. The van der Waals surface area contributed by atoms with E-state index in [2.05, 4.69) is 15.9 Å². The number of carboxylic acids is 1.